The Hall–Kier alpha value is -1.18. The van der Waals surface area contributed by atoms with E-state index in [4.69, 9.17) is 10.6 Å². The predicted octanol–water partition coefficient (Wildman–Crippen LogP) is 0.00682. The number of hydrogen-bond donors (Lipinski definition) is 3. The molecule has 0 saturated carbocycles. The summed E-state index contributed by atoms with van der Waals surface area (Å²) < 4.78 is 4.91. The Morgan fingerprint density at radius 2 is 2.50 bits per heavy atom. The highest BCUT2D eigenvalue weighted by atomic mass is 32.1. The maximum absolute atomic E-state index is 5.34. The lowest BCUT2D eigenvalue weighted by molar-refractivity contribution is 0.203. The molecule has 0 saturated heterocycles. The molecule has 0 radical (unpaired) electrons. The van der Waals surface area contributed by atoms with Crippen LogP contribution in [0, 0.1) is 6.92 Å². The second kappa shape index (κ2) is 7.15. The summed E-state index contributed by atoms with van der Waals surface area (Å²) in [6, 6.07) is 0. The monoisotopic (exact) mass is 243 g/mol. The van der Waals surface area contributed by atoms with Gasteiger partial charge in [-0.2, -0.15) is 0 Å². The van der Waals surface area contributed by atoms with Crippen LogP contribution in [0.25, 0.3) is 0 Å². The van der Waals surface area contributed by atoms with E-state index in [0.717, 1.165) is 10.6 Å². The van der Waals surface area contributed by atoms with Crippen LogP contribution in [0.15, 0.2) is 10.5 Å². The fraction of sp³-hybridized carbons (Fsp3) is 0.556. The van der Waals surface area contributed by atoms with E-state index < -0.39 is 0 Å². The highest BCUT2D eigenvalue weighted by molar-refractivity contribution is 7.09. The van der Waals surface area contributed by atoms with Gasteiger partial charge in [0.2, 0.25) is 5.96 Å². The molecule has 4 N–H and O–H groups in total. The fourth-order valence-corrected chi connectivity index (χ4v) is 1.75. The first-order valence-corrected chi connectivity index (χ1v) is 5.78. The topological polar surface area (TPSA) is 84.6 Å². The Bertz CT molecular complexity index is 338. The summed E-state index contributed by atoms with van der Waals surface area (Å²) in [6.07, 6.45) is 0. The second-order valence-electron chi connectivity index (χ2n) is 3.09. The molecular formula is C9H17N5OS. The number of nitrogens with two attached hydrogens (primary N) is 1. The van der Waals surface area contributed by atoms with Crippen LogP contribution in [0.5, 0.6) is 0 Å². The first-order valence-electron chi connectivity index (χ1n) is 4.90. The predicted molar refractivity (Wildman–Crippen MR) is 65.2 cm³/mol. The molecular weight excluding hydrogens is 226 g/mol. The zero-order valence-corrected chi connectivity index (χ0v) is 10.3. The molecule has 1 heterocycles. The van der Waals surface area contributed by atoms with E-state index in [1.54, 1.807) is 18.4 Å². The SMILES string of the molecule is COCCNC(=NCc1scnc1C)NN. The summed E-state index contributed by atoms with van der Waals surface area (Å²) in [6.45, 7) is 3.83. The van der Waals surface area contributed by atoms with Gasteiger partial charge in [0.15, 0.2) is 0 Å². The van der Waals surface area contributed by atoms with Gasteiger partial charge in [-0.1, -0.05) is 0 Å². The molecule has 7 heteroatoms. The Kier molecular flexibility index (Phi) is 5.76. The largest absolute Gasteiger partial charge is 0.383 e. The molecule has 1 aromatic heterocycles. The van der Waals surface area contributed by atoms with Crippen molar-refractivity contribution in [3.8, 4) is 0 Å². The minimum Gasteiger partial charge on any atom is -0.383 e. The summed E-state index contributed by atoms with van der Waals surface area (Å²) in [5.74, 6) is 5.90. The zero-order valence-electron chi connectivity index (χ0n) is 9.49. The van der Waals surface area contributed by atoms with Crippen molar-refractivity contribution >= 4 is 17.3 Å². The van der Waals surface area contributed by atoms with Crippen LogP contribution in [0.3, 0.4) is 0 Å². The van der Waals surface area contributed by atoms with Crippen molar-refractivity contribution in [2.75, 3.05) is 20.3 Å². The fourth-order valence-electron chi connectivity index (χ4n) is 1.05. The molecule has 0 bridgehead atoms. The third-order valence-corrected chi connectivity index (χ3v) is 2.88. The third-order valence-electron chi connectivity index (χ3n) is 1.96. The van der Waals surface area contributed by atoms with Crippen molar-refractivity contribution in [2.24, 2.45) is 10.8 Å². The van der Waals surface area contributed by atoms with Gasteiger partial charge in [0.25, 0.3) is 0 Å². The molecule has 90 valence electrons. The number of aliphatic imine (C=N–C) groups is 1. The second-order valence-corrected chi connectivity index (χ2v) is 4.03. The summed E-state index contributed by atoms with van der Waals surface area (Å²) in [5.41, 5.74) is 5.34. The average molecular weight is 243 g/mol. The van der Waals surface area contributed by atoms with Crippen molar-refractivity contribution in [3.05, 3.63) is 16.1 Å². The van der Waals surface area contributed by atoms with E-state index in [-0.39, 0.29) is 0 Å². The van der Waals surface area contributed by atoms with Gasteiger partial charge in [0.05, 0.1) is 24.4 Å². The molecule has 0 amide bonds. The number of guanidine groups is 1. The van der Waals surface area contributed by atoms with Gasteiger partial charge in [-0.15, -0.1) is 11.3 Å². The molecule has 0 aliphatic carbocycles. The first kappa shape index (κ1) is 12.9. The standard InChI is InChI=1S/C9H17N5OS/c1-7-8(16-6-13-7)5-12-9(14-10)11-3-4-15-2/h6H,3-5,10H2,1-2H3,(H2,11,12,14). The Balaban J connectivity index is 2.43. The molecule has 0 aliphatic rings. The summed E-state index contributed by atoms with van der Waals surface area (Å²) in [4.78, 5) is 9.59. The summed E-state index contributed by atoms with van der Waals surface area (Å²) >= 11 is 1.59. The highest BCUT2D eigenvalue weighted by Crippen LogP contribution is 2.12. The molecule has 16 heavy (non-hydrogen) atoms. The molecule has 0 atom stereocenters. The number of nitrogens with zero attached hydrogens (tertiary/aromatic N) is 2. The van der Waals surface area contributed by atoms with Crippen LogP contribution in [0.4, 0.5) is 0 Å². The van der Waals surface area contributed by atoms with E-state index in [0.29, 0.717) is 25.7 Å². The van der Waals surface area contributed by atoms with E-state index in [1.807, 2.05) is 12.4 Å². The van der Waals surface area contributed by atoms with Crippen molar-refractivity contribution in [1.82, 2.24) is 15.7 Å². The maximum Gasteiger partial charge on any atom is 0.206 e. The van der Waals surface area contributed by atoms with Crippen molar-refractivity contribution in [2.45, 2.75) is 13.5 Å². The molecule has 6 nitrogen and oxygen atoms in total. The number of aryl methyl sites for hydroxylation is 1. The zero-order chi connectivity index (χ0) is 11.8. The van der Waals surface area contributed by atoms with Gasteiger partial charge in [-0.05, 0) is 6.92 Å². The van der Waals surface area contributed by atoms with Crippen LogP contribution in [0.2, 0.25) is 0 Å². The van der Waals surface area contributed by atoms with Crippen LogP contribution in [-0.4, -0.2) is 31.2 Å². The molecule has 1 rings (SSSR count). The van der Waals surface area contributed by atoms with E-state index in [1.165, 1.54) is 0 Å². The number of nitrogens with one attached hydrogen (secondary N) is 2. The van der Waals surface area contributed by atoms with Gasteiger partial charge in [0.1, 0.15) is 0 Å². The normalized spacial score (nSPS) is 11.6. The van der Waals surface area contributed by atoms with E-state index >= 15 is 0 Å². The third kappa shape index (κ3) is 4.13. The van der Waals surface area contributed by atoms with Gasteiger partial charge in [-0.25, -0.2) is 15.8 Å². The minimum atomic E-state index is 0.560. The van der Waals surface area contributed by atoms with Crippen molar-refractivity contribution in [1.29, 1.82) is 0 Å². The molecule has 0 aliphatic heterocycles. The summed E-state index contributed by atoms with van der Waals surface area (Å²) in [7, 11) is 1.65. The van der Waals surface area contributed by atoms with Gasteiger partial charge < -0.3 is 10.1 Å². The first-order chi connectivity index (χ1) is 7.77. The number of hydrogen-bond acceptors (Lipinski definition) is 5. The van der Waals surface area contributed by atoms with Crippen LogP contribution in [0.1, 0.15) is 10.6 Å². The van der Waals surface area contributed by atoms with E-state index in [2.05, 4.69) is 20.7 Å². The molecule has 0 aromatic carbocycles. The Morgan fingerprint density at radius 1 is 1.69 bits per heavy atom. The quantitative estimate of drug-likeness (QED) is 0.223. The van der Waals surface area contributed by atoms with Crippen LogP contribution < -0.4 is 16.6 Å². The average Bonchev–Trinajstić information content (AvgIpc) is 2.69. The van der Waals surface area contributed by atoms with Gasteiger partial charge in [0, 0.05) is 18.5 Å². The highest BCUT2D eigenvalue weighted by Gasteiger charge is 2.01. The maximum atomic E-state index is 5.34. The van der Waals surface area contributed by atoms with E-state index in [9.17, 15) is 0 Å². The lowest BCUT2D eigenvalue weighted by Crippen LogP contribution is -2.42. The van der Waals surface area contributed by atoms with Gasteiger partial charge in [-0.3, -0.25) is 5.43 Å². The van der Waals surface area contributed by atoms with Crippen molar-refractivity contribution < 1.29 is 4.74 Å². The van der Waals surface area contributed by atoms with Crippen LogP contribution in [-0.2, 0) is 11.3 Å². The van der Waals surface area contributed by atoms with Gasteiger partial charge >= 0.3 is 0 Å². The number of ether oxygens (including phenoxy) is 1. The molecule has 0 unspecified atom stereocenters. The molecule has 0 spiro atoms. The molecule has 1 aromatic rings. The van der Waals surface area contributed by atoms with Crippen molar-refractivity contribution in [3.63, 3.8) is 0 Å². The minimum absolute atomic E-state index is 0.560. The lowest BCUT2D eigenvalue weighted by atomic mass is 10.4. The lowest BCUT2D eigenvalue weighted by Gasteiger charge is -2.07. The Morgan fingerprint density at radius 3 is 3.06 bits per heavy atom. The molecule has 0 fully saturated rings. The van der Waals surface area contributed by atoms with Crippen LogP contribution >= 0.6 is 11.3 Å². The summed E-state index contributed by atoms with van der Waals surface area (Å²) in [5, 5.41) is 3.03. The number of hydrazine groups is 1. The number of methoxy groups -OCH3 is 1. The number of aromatic nitrogens is 1. The smallest absolute Gasteiger partial charge is 0.206 e. The number of rotatable bonds is 5. The number of thiazole rings is 1. The Labute approximate surface area is 98.9 Å².